The van der Waals surface area contributed by atoms with Crippen LogP contribution in [-0.2, 0) is 49.3 Å². The molecule has 3 rings (SSSR count). The lowest BCUT2D eigenvalue weighted by molar-refractivity contribution is -0.143. The molecule has 20 nitrogen and oxygen atoms in total. The zero-order chi connectivity index (χ0) is 41.9. The van der Waals surface area contributed by atoms with Crippen molar-refractivity contribution < 1.29 is 57.2 Å². The zero-order valence-electron chi connectivity index (χ0n) is 31.7. The van der Waals surface area contributed by atoms with Gasteiger partial charge < -0.3 is 47.1 Å². The van der Waals surface area contributed by atoms with Gasteiger partial charge in [0.05, 0.1) is 6.42 Å². The van der Waals surface area contributed by atoms with E-state index < -0.39 is 109 Å². The van der Waals surface area contributed by atoms with Crippen LogP contribution in [0.5, 0.6) is 5.75 Å². The Kier molecular flexibility index (Phi) is 16.7. The molecule has 1 aromatic carbocycles. The maximum atomic E-state index is 14.0. The number of carbonyl (C=O) groups excluding carboxylic acids is 8. The van der Waals surface area contributed by atoms with E-state index in [1.807, 2.05) is 0 Å². The number of hydrogen-bond donors (Lipinski definition) is 9. The first-order valence-electron chi connectivity index (χ1n) is 18.0. The Morgan fingerprint density at radius 2 is 1.48 bits per heavy atom. The van der Waals surface area contributed by atoms with Crippen molar-refractivity contribution in [1.29, 1.82) is 0 Å². The third-order valence-electron chi connectivity index (χ3n) is 8.83. The van der Waals surface area contributed by atoms with E-state index in [4.69, 9.17) is 15.5 Å². The van der Waals surface area contributed by atoms with Crippen LogP contribution in [0.1, 0.15) is 59.4 Å². The molecule has 310 valence electrons. The summed E-state index contributed by atoms with van der Waals surface area (Å²) in [7, 11) is -4.87. The van der Waals surface area contributed by atoms with Gasteiger partial charge in [-0.2, -0.15) is 0 Å². The van der Waals surface area contributed by atoms with Gasteiger partial charge in [-0.15, -0.1) is 11.8 Å². The monoisotopic (exact) mass is 826 g/mol. The zero-order valence-corrected chi connectivity index (χ0v) is 33.4. The minimum Gasteiger partial charge on any atom is -0.404 e. The van der Waals surface area contributed by atoms with Gasteiger partial charge in [-0.05, 0) is 42.4 Å². The Morgan fingerprint density at radius 3 is 2.05 bits per heavy atom. The second-order valence-corrected chi connectivity index (χ2v) is 16.5. The lowest BCUT2D eigenvalue weighted by Gasteiger charge is -2.32. The molecular weight excluding hydrogens is 775 g/mol. The number of nitrogens with one attached hydrogen (secondary N) is 6. The van der Waals surface area contributed by atoms with Gasteiger partial charge >= 0.3 is 7.82 Å². The number of benzene rings is 1. The second-order valence-electron chi connectivity index (χ2n) is 14.1. The molecule has 1 aromatic rings. The number of phosphoric acid groups is 1. The summed E-state index contributed by atoms with van der Waals surface area (Å²) in [6.45, 7) is 8.01. The molecule has 0 bridgehead atoms. The molecule has 2 aliphatic rings. The van der Waals surface area contributed by atoms with Crippen LogP contribution in [0, 0.1) is 11.8 Å². The topological polar surface area (TPSA) is 305 Å². The van der Waals surface area contributed by atoms with Gasteiger partial charge in [0, 0.05) is 32.2 Å². The third-order valence-corrected chi connectivity index (χ3v) is 10.4. The smallest absolute Gasteiger partial charge is 0.404 e. The molecule has 56 heavy (non-hydrogen) atoms. The Morgan fingerprint density at radius 1 is 0.893 bits per heavy atom. The molecule has 0 saturated carbocycles. The standard InChI is InChI=1S/C34H51N8O12PS/c1-17(2)26-31(48)38-23(16-25(35)44)29(46)41-27(18(3)4)34(50)42-13-6-7-24(42)30(47)36-12-14-56-33(37-19(5)43)32(49)39-22(28(45)40-26)15-20-8-10-21(11-9-20)54-55(51,52)53/h8-11,17-18,22-24,26-27,33H,6-7,12-16H2,1-5H3,(H2,35,44)(H,36,47)(H,37,43)(H,38,48)(H,39,49)(H,40,45)(H,41,46)(H2,51,52,53)/t22-,23-,24-,26-,27-,33?/m0/s1. The summed E-state index contributed by atoms with van der Waals surface area (Å²) in [6.07, 6.45) is -0.0217. The van der Waals surface area contributed by atoms with Crippen molar-refractivity contribution in [1.82, 2.24) is 36.8 Å². The fraction of sp³-hybridized carbons (Fsp3) is 0.588. The Hall–Kier alpha value is -4.72. The van der Waals surface area contributed by atoms with Crippen LogP contribution >= 0.6 is 19.6 Å². The van der Waals surface area contributed by atoms with E-state index in [9.17, 15) is 42.9 Å². The highest BCUT2D eigenvalue weighted by Gasteiger charge is 2.40. The number of hydrogen-bond acceptors (Lipinski definition) is 11. The van der Waals surface area contributed by atoms with Gasteiger partial charge in [0.25, 0.3) is 5.91 Å². The Bertz CT molecular complexity index is 1690. The molecule has 6 atom stereocenters. The largest absolute Gasteiger partial charge is 0.524 e. The number of nitrogens with zero attached hydrogens (tertiary/aromatic N) is 1. The van der Waals surface area contributed by atoms with Crippen molar-refractivity contribution in [2.75, 3.05) is 18.8 Å². The number of phosphoric ester groups is 1. The molecule has 0 radical (unpaired) electrons. The first-order chi connectivity index (χ1) is 26.2. The lowest BCUT2D eigenvalue weighted by Crippen LogP contribution is -2.61. The van der Waals surface area contributed by atoms with Crippen LogP contribution in [0.3, 0.4) is 0 Å². The van der Waals surface area contributed by atoms with Crippen LogP contribution < -0.4 is 42.2 Å². The summed E-state index contributed by atoms with van der Waals surface area (Å²) in [6, 6.07) is -1.07. The summed E-state index contributed by atoms with van der Waals surface area (Å²) >= 11 is 0.959. The van der Waals surface area contributed by atoms with Gasteiger partial charge in [-0.3, -0.25) is 48.1 Å². The van der Waals surface area contributed by atoms with Gasteiger partial charge in [0.1, 0.15) is 36.0 Å². The Balaban J connectivity index is 2.04. The first-order valence-corrected chi connectivity index (χ1v) is 20.6. The molecule has 2 fully saturated rings. The molecule has 8 amide bonds. The molecule has 2 aliphatic heterocycles. The summed E-state index contributed by atoms with van der Waals surface area (Å²) in [5.74, 6) is -7.15. The van der Waals surface area contributed by atoms with E-state index in [0.29, 0.717) is 18.4 Å². The molecule has 22 heteroatoms. The van der Waals surface area contributed by atoms with Crippen molar-refractivity contribution in [2.24, 2.45) is 17.6 Å². The van der Waals surface area contributed by atoms with E-state index in [1.165, 1.54) is 36.1 Å². The maximum Gasteiger partial charge on any atom is 0.524 e. The molecule has 0 spiro atoms. The quantitative estimate of drug-likeness (QED) is 0.124. The van der Waals surface area contributed by atoms with Crippen LogP contribution in [0.2, 0.25) is 0 Å². The molecular formula is C34H51N8O12PS. The fourth-order valence-electron chi connectivity index (χ4n) is 6.06. The van der Waals surface area contributed by atoms with Crippen LogP contribution in [0.15, 0.2) is 24.3 Å². The van der Waals surface area contributed by atoms with E-state index in [-0.39, 0.29) is 31.0 Å². The molecule has 1 unspecified atom stereocenters. The van der Waals surface area contributed by atoms with Crippen LogP contribution in [-0.4, -0.2) is 116 Å². The average Bonchev–Trinajstić information content (AvgIpc) is 3.59. The van der Waals surface area contributed by atoms with E-state index >= 15 is 0 Å². The van der Waals surface area contributed by atoms with E-state index in [1.54, 1.807) is 27.7 Å². The Labute approximate surface area is 328 Å². The summed E-state index contributed by atoms with van der Waals surface area (Å²) in [5.41, 5.74) is 5.83. The number of nitrogens with two attached hydrogens (primary N) is 1. The third kappa shape index (κ3) is 13.8. The normalized spacial score (nSPS) is 25.2. The average molecular weight is 827 g/mol. The first kappa shape index (κ1) is 45.7. The summed E-state index contributed by atoms with van der Waals surface area (Å²) in [4.78, 5) is 126. The number of thioether (sulfide) groups is 1. The van der Waals surface area contributed by atoms with Crippen molar-refractivity contribution in [3.05, 3.63) is 29.8 Å². The predicted molar refractivity (Wildman–Crippen MR) is 202 cm³/mol. The van der Waals surface area contributed by atoms with E-state index in [0.717, 1.165) is 11.8 Å². The highest BCUT2D eigenvalue weighted by Crippen LogP contribution is 2.37. The highest BCUT2D eigenvalue weighted by molar-refractivity contribution is 8.00. The fourth-order valence-corrected chi connectivity index (χ4v) is 7.38. The number of fused-ring (bicyclic) bond motifs is 1. The number of rotatable bonds is 9. The van der Waals surface area contributed by atoms with Crippen LogP contribution in [0.25, 0.3) is 0 Å². The summed E-state index contributed by atoms with van der Waals surface area (Å²) < 4.78 is 15.9. The molecule has 2 heterocycles. The molecule has 2 saturated heterocycles. The van der Waals surface area contributed by atoms with Gasteiger partial charge in [-0.1, -0.05) is 39.8 Å². The van der Waals surface area contributed by atoms with Crippen molar-refractivity contribution >= 4 is 66.8 Å². The predicted octanol–water partition coefficient (Wildman–Crippen LogP) is -1.86. The highest BCUT2D eigenvalue weighted by atomic mass is 32.2. The maximum absolute atomic E-state index is 14.0. The number of primary amides is 1. The molecule has 10 N–H and O–H groups in total. The minimum atomic E-state index is -4.87. The van der Waals surface area contributed by atoms with Crippen molar-refractivity contribution in [2.45, 2.75) is 95.9 Å². The lowest BCUT2D eigenvalue weighted by atomic mass is 9.99. The molecule has 0 aliphatic carbocycles. The van der Waals surface area contributed by atoms with E-state index in [2.05, 4.69) is 36.4 Å². The van der Waals surface area contributed by atoms with Crippen molar-refractivity contribution in [3.63, 3.8) is 0 Å². The number of carbonyl (C=O) groups is 8. The second kappa shape index (κ2) is 20.4. The van der Waals surface area contributed by atoms with Crippen molar-refractivity contribution in [3.8, 4) is 5.75 Å². The van der Waals surface area contributed by atoms with Gasteiger partial charge in [0.15, 0.2) is 5.37 Å². The van der Waals surface area contributed by atoms with Crippen LogP contribution in [0.4, 0.5) is 0 Å². The SMILES string of the molecule is CC(=O)NC1SCCNC(=O)[C@@H]2CCCN2C(=O)[C@H](C(C)C)NC(=O)[C@H](CC(N)=O)NC(=O)[C@H](C(C)C)NC(=O)[C@H](Cc2ccc(OP(=O)(O)O)cc2)NC1=O. The minimum absolute atomic E-state index is 0.0291. The number of amides is 8. The molecule has 0 aromatic heterocycles. The summed E-state index contributed by atoms with van der Waals surface area (Å²) in [5, 5.41) is 14.3. The van der Waals surface area contributed by atoms with Gasteiger partial charge in [-0.25, -0.2) is 4.57 Å². The van der Waals surface area contributed by atoms with Gasteiger partial charge in [0.2, 0.25) is 41.4 Å².